The van der Waals surface area contributed by atoms with Gasteiger partial charge in [0, 0.05) is 5.75 Å². The molecular weight excluding hydrogens is 352 g/mol. The molecule has 0 fully saturated rings. The highest BCUT2D eigenvalue weighted by atomic mass is 32.1. The van der Waals surface area contributed by atoms with Crippen LogP contribution >= 0.6 is 12.6 Å². The molecule has 0 aliphatic rings. The van der Waals surface area contributed by atoms with E-state index in [-0.39, 0.29) is 18.2 Å². The van der Waals surface area contributed by atoms with Gasteiger partial charge in [0.2, 0.25) is 17.7 Å². The maximum atomic E-state index is 12.2. The number of carbonyl (C=O) groups excluding carboxylic acids is 3. The highest BCUT2D eigenvalue weighted by Gasteiger charge is 2.31. The fourth-order valence-electron chi connectivity index (χ4n) is 1.86. The molecule has 0 radical (unpaired) electrons. The van der Waals surface area contributed by atoms with Crippen molar-refractivity contribution in [3.8, 4) is 0 Å². The lowest BCUT2D eigenvalue weighted by molar-refractivity contribution is -0.143. The van der Waals surface area contributed by atoms with E-state index in [1.165, 1.54) is 6.92 Å². The van der Waals surface area contributed by atoms with Crippen molar-refractivity contribution in [2.75, 3.05) is 12.3 Å². The number of nitrogens with one attached hydrogen (secondary N) is 3. The smallest absolute Gasteiger partial charge is 0.326 e. The molecule has 4 atom stereocenters. The second-order valence-electron chi connectivity index (χ2n) is 5.80. The third-order valence-corrected chi connectivity index (χ3v) is 3.68. The largest absolute Gasteiger partial charge is 0.480 e. The van der Waals surface area contributed by atoms with Crippen LogP contribution in [-0.2, 0) is 19.2 Å². The van der Waals surface area contributed by atoms with E-state index in [1.807, 2.05) is 0 Å². The van der Waals surface area contributed by atoms with Crippen molar-refractivity contribution >= 4 is 36.3 Å². The number of aliphatic hydroxyl groups is 1. The van der Waals surface area contributed by atoms with Crippen LogP contribution in [0.15, 0.2) is 0 Å². The van der Waals surface area contributed by atoms with E-state index in [1.54, 1.807) is 13.8 Å². The molecule has 0 heterocycles. The molecular formula is C14H26N4O6S. The summed E-state index contributed by atoms with van der Waals surface area (Å²) in [5, 5.41) is 25.6. The number of thiol groups is 1. The summed E-state index contributed by atoms with van der Waals surface area (Å²) in [6, 6.07) is -3.59. The molecule has 11 heteroatoms. The van der Waals surface area contributed by atoms with Gasteiger partial charge in [0.1, 0.15) is 18.1 Å². The van der Waals surface area contributed by atoms with Crippen LogP contribution in [0.25, 0.3) is 0 Å². The lowest BCUT2D eigenvalue weighted by atomic mass is 10.0. The Morgan fingerprint density at radius 2 is 1.56 bits per heavy atom. The highest BCUT2D eigenvalue weighted by molar-refractivity contribution is 7.80. The Labute approximate surface area is 151 Å². The summed E-state index contributed by atoms with van der Waals surface area (Å²) in [6.07, 6.45) is -1.23. The number of hydrogen-bond acceptors (Lipinski definition) is 7. The SMILES string of the molecule is CC(C)C(NC(=O)C(CS)NC(=O)C(NC(=O)CN)C(C)O)C(=O)O. The van der Waals surface area contributed by atoms with Crippen LogP contribution in [0.3, 0.4) is 0 Å². The van der Waals surface area contributed by atoms with Crippen LogP contribution in [0.4, 0.5) is 0 Å². The van der Waals surface area contributed by atoms with Crippen LogP contribution in [0.5, 0.6) is 0 Å². The minimum absolute atomic E-state index is 0.112. The molecule has 0 saturated heterocycles. The predicted molar refractivity (Wildman–Crippen MR) is 92.9 cm³/mol. The van der Waals surface area contributed by atoms with E-state index in [2.05, 4.69) is 28.6 Å². The minimum Gasteiger partial charge on any atom is -0.480 e. The number of carboxylic acid groups (broad SMARTS) is 1. The third kappa shape index (κ3) is 7.71. The second-order valence-corrected chi connectivity index (χ2v) is 6.17. The van der Waals surface area contributed by atoms with E-state index < -0.39 is 47.9 Å². The van der Waals surface area contributed by atoms with Gasteiger partial charge in [0.15, 0.2) is 0 Å². The van der Waals surface area contributed by atoms with Crippen LogP contribution < -0.4 is 21.7 Å². The Balaban J connectivity index is 5.04. The van der Waals surface area contributed by atoms with E-state index in [9.17, 15) is 24.3 Å². The van der Waals surface area contributed by atoms with Crippen LogP contribution in [0, 0.1) is 5.92 Å². The Hall–Kier alpha value is -1.85. The fourth-order valence-corrected chi connectivity index (χ4v) is 2.12. The Morgan fingerprint density at radius 1 is 1.00 bits per heavy atom. The first-order valence-electron chi connectivity index (χ1n) is 7.67. The first-order valence-corrected chi connectivity index (χ1v) is 8.30. The van der Waals surface area contributed by atoms with Crippen molar-refractivity contribution in [3.63, 3.8) is 0 Å². The molecule has 3 amide bonds. The van der Waals surface area contributed by atoms with Gasteiger partial charge in [0.05, 0.1) is 12.6 Å². The van der Waals surface area contributed by atoms with Gasteiger partial charge in [-0.05, 0) is 12.8 Å². The fraction of sp³-hybridized carbons (Fsp3) is 0.714. The summed E-state index contributed by atoms with van der Waals surface area (Å²) in [5.41, 5.74) is 5.15. The number of carbonyl (C=O) groups is 4. The summed E-state index contributed by atoms with van der Waals surface area (Å²) < 4.78 is 0. The molecule has 0 spiro atoms. The molecule has 0 saturated carbocycles. The number of hydrogen-bond donors (Lipinski definition) is 7. The Kier molecular flexibility index (Phi) is 10.1. The molecule has 0 aliphatic carbocycles. The molecule has 0 rings (SSSR count). The zero-order valence-electron chi connectivity index (χ0n) is 14.4. The van der Waals surface area contributed by atoms with Crippen molar-refractivity contribution in [3.05, 3.63) is 0 Å². The summed E-state index contributed by atoms with van der Waals surface area (Å²) in [4.78, 5) is 46.9. The molecule has 10 nitrogen and oxygen atoms in total. The quantitative estimate of drug-likeness (QED) is 0.205. The van der Waals surface area contributed by atoms with Gasteiger partial charge in [-0.3, -0.25) is 14.4 Å². The molecule has 0 aromatic rings. The van der Waals surface area contributed by atoms with Gasteiger partial charge in [-0.25, -0.2) is 4.79 Å². The monoisotopic (exact) mass is 378 g/mol. The molecule has 0 aromatic carbocycles. The number of rotatable bonds is 10. The number of aliphatic hydroxyl groups excluding tert-OH is 1. The lowest BCUT2D eigenvalue weighted by Gasteiger charge is -2.25. The average Bonchev–Trinajstić information content (AvgIpc) is 2.53. The van der Waals surface area contributed by atoms with Gasteiger partial charge in [-0.2, -0.15) is 12.6 Å². The predicted octanol–water partition coefficient (Wildman–Crippen LogP) is -2.55. The highest BCUT2D eigenvalue weighted by Crippen LogP contribution is 2.03. The van der Waals surface area contributed by atoms with E-state index >= 15 is 0 Å². The number of carboxylic acids is 1. The number of aliphatic carboxylic acids is 1. The van der Waals surface area contributed by atoms with Crippen molar-refractivity contribution in [1.82, 2.24) is 16.0 Å². The standard InChI is InChI=1S/C14H26N4O6S/c1-6(2)10(14(23)24)18-12(21)8(5-25)16-13(22)11(7(3)19)17-9(20)4-15/h6-8,10-11,19,25H,4-5,15H2,1-3H3,(H,16,22)(H,17,20)(H,18,21)(H,23,24). The number of nitrogens with two attached hydrogens (primary N) is 1. The maximum Gasteiger partial charge on any atom is 0.326 e. The molecule has 0 aromatic heterocycles. The van der Waals surface area contributed by atoms with E-state index in [0.29, 0.717) is 0 Å². The first-order chi connectivity index (χ1) is 11.5. The normalized spacial score (nSPS) is 15.6. The van der Waals surface area contributed by atoms with Crippen molar-refractivity contribution in [1.29, 1.82) is 0 Å². The topological polar surface area (TPSA) is 171 Å². The minimum atomic E-state index is -1.31. The molecule has 4 unspecified atom stereocenters. The molecule has 0 aliphatic heterocycles. The summed E-state index contributed by atoms with van der Waals surface area (Å²) >= 11 is 3.97. The van der Waals surface area contributed by atoms with E-state index in [0.717, 1.165) is 0 Å². The first kappa shape index (κ1) is 23.1. The second kappa shape index (κ2) is 10.9. The molecule has 25 heavy (non-hydrogen) atoms. The van der Waals surface area contributed by atoms with Gasteiger partial charge in [0.25, 0.3) is 0 Å². The average molecular weight is 378 g/mol. The summed E-state index contributed by atoms with van der Waals surface area (Å²) in [6.45, 7) is 4.16. The lowest BCUT2D eigenvalue weighted by Crippen LogP contribution is -2.59. The third-order valence-electron chi connectivity index (χ3n) is 3.31. The Morgan fingerprint density at radius 3 is 1.92 bits per heavy atom. The zero-order valence-corrected chi connectivity index (χ0v) is 15.2. The summed E-state index contributed by atoms with van der Waals surface area (Å²) in [5.74, 6) is -3.89. The molecule has 7 N–H and O–H groups in total. The van der Waals surface area contributed by atoms with Gasteiger partial charge in [-0.1, -0.05) is 13.8 Å². The van der Waals surface area contributed by atoms with Crippen molar-refractivity contribution < 1.29 is 29.4 Å². The maximum absolute atomic E-state index is 12.2. The van der Waals surface area contributed by atoms with Crippen LogP contribution in [0.2, 0.25) is 0 Å². The Bertz CT molecular complexity index is 500. The number of amides is 3. The molecule has 0 bridgehead atoms. The van der Waals surface area contributed by atoms with Gasteiger partial charge in [-0.15, -0.1) is 0 Å². The van der Waals surface area contributed by atoms with Gasteiger partial charge < -0.3 is 31.9 Å². The molecule has 144 valence electrons. The van der Waals surface area contributed by atoms with Crippen LogP contribution in [0.1, 0.15) is 20.8 Å². The van der Waals surface area contributed by atoms with Crippen molar-refractivity contribution in [2.24, 2.45) is 11.7 Å². The summed E-state index contributed by atoms with van der Waals surface area (Å²) in [7, 11) is 0. The van der Waals surface area contributed by atoms with Gasteiger partial charge >= 0.3 is 5.97 Å². The van der Waals surface area contributed by atoms with Crippen molar-refractivity contribution in [2.45, 2.75) is 45.0 Å². The zero-order chi connectivity index (χ0) is 19.7. The van der Waals surface area contributed by atoms with E-state index in [4.69, 9.17) is 10.8 Å². The van der Waals surface area contributed by atoms with Crippen LogP contribution in [-0.4, -0.2) is 70.4 Å².